The number of aromatic nitrogens is 3. The predicted octanol–water partition coefficient (Wildman–Crippen LogP) is 1.31. The van der Waals surface area contributed by atoms with Crippen molar-refractivity contribution in [3.05, 3.63) is 11.9 Å². The minimum Gasteiger partial charge on any atom is -0.383 e. The van der Waals surface area contributed by atoms with Crippen molar-refractivity contribution in [2.24, 2.45) is 5.92 Å². The van der Waals surface area contributed by atoms with E-state index in [-0.39, 0.29) is 0 Å². The van der Waals surface area contributed by atoms with Crippen LogP contribution in [-0.4, -0.2) is 20.1 Å². The molecule has 78 valence electrons. The van der Waals surface area contributed by atoms with E-state index in [0.717, 1.165) is 31.5 Å². The molecule has 2 unspecified atom stereocenters. The molecule has 4 nitrogen and oxygen atoms in total. The van der Waals surface area contributed by atoms with Crippen molar-refractivity contribution in [2.75, 3.05) is 0 Å². The van der Waals surface area contributed by atoms with E-state index >= 15 is 0 Å². The Kier molecular flexibility index (Phi) is 2.31. The van der Waals surface area contributed by atoms with Gasteiger partial charge in [0.05, 0.1) is 11.9 Å². The molecule has 1 aromatic heterocycles. The Morgan fingerprint density at radius 3 is 3.00 bits per heavy atom. The van der Waals surface area contributed by atoms with Crippen LogP contribution in [0.4, 0.5) is 0 Å². The first kappa shape index (κ1) is 9.65. The molecule has 1 aliphatic carbocycles. The van der Waals surface area contributed by atoms with E-state index in [2.05, 4.69) is 24.2 Å². The molecule has 1 aliphatic rings. The number of hydrogen-bond donors (Lipinski definition) is 1. The maximum atomic E-state index is 10.3. The zero-order valence-corrected chi connectivity index (χ0v) is 8.77. The van der Waals surface area contributed by atoms with Crippen LogP contribution < -0.4 is 0 Å². The Morgan fingerprint density at radius 1 is 1.71 bits per heavy atom. The summed E-state index contributed by atoms with van der Waals surface area (Å²) in [5.41, 5.74) is 0.219. The first-order valence-electron chi connectivity index (χ1n) is 5.30. The summed E-state index contributed by atoms with van der Waals surface area (Å²) < 4.78 is 1.83. The maximum Gasteiger partial charge on any atom is 0.110 e. The van der Waals surface area contributed by atoms with Crippen molar-refractivity contribution in [1.82, 2.24) is 15.0 Å². The molecule has 1 heterocycles. The second-order valence-electron chi connectivity index (χ2n) is 4.21. The first-order valence-corrected chi connectivity index (χ1v) is 5.30. The van der Waals surface area contributed by atoms with Crippen LogP contribution >= 0.6 is 0 Å². The minimum atomic E-state index is -0.668. The molecular weight excluding hydrogens is 178 g/mol. The van der Waals surface area contributed by atoms with Gasteiger partial charge in [0.15, 0.2) is 0 Å². The van der Waals surface area contributed by atoms with Crippen molar-refractivity contribution in [1.29, 1.82) is 0 Å². The molecule has 0 aliphatic heterocycles. The molecule has 0 radical (unpaired) electrons. The maximum absolute atomic E-state index is 10.3. The van der Waals surface area contributed by atoms with Gasteiger partial charge in [-0.25, -0.2) is 4.68 Å². The Bertz CT molecular complexity index is 323. The quantitative estimate of drug-likeness (QED) is 0.791. The molecule has 0 bridgehead atoms. The third-order valence-electron chi connectivity index (χ3n) is 3.27. The summed E-state index contributed by atoms with van der Waals surface area (Å²) in [6, 6.07) is 0. The largest absolute Gasteiger partial charge is 0.383 e. The molecule has 0 spiro atoms. The lowest BCUT2D eigenvalue weighted by atomic mass is 9.69. The van der Waals surface area contributed by atoms with Crippen molar-refractivity contribution in [3.8, 4) is 0 Å². The Balaban J connectivity index is 2.27. The van der Waals surface area contributed by atoms with Crippen LogP contribution in [0, 0.1) is 5.92 Å². The third kappa shape index (κ3) is 1.25. The van der Waals surface area contributed by atoms with Crippen molar-refractivity contribution in [3.63, 3.8) is 0 Å². The summed E-state index contributed by atoms with van der Waals surface area (Å²) in [5.74, 6) is 0.330. The Morgan fingerprint density at radius 2 is 2.50 bits per heavy atom. The van der Waals surface area contributed by atoms with Gasteiger partial charge in [0, 0.05) is 6.54 Å². The summed E-state index contributed by atoms with van der Waals surface area (Å²) in [4.78, 5) is 0. The summed E-state index contributed by atoms with van der Waals surface area (Å²) in [6.07, 6.45) is 4.64. The molecule has 2 atom stereocenters. The van der Waals surface area contributed by atoms with E-state index in [1.165, 1.54) is 0 Å². The molecule has 14 heavy (non-hydrogen) atoms. The first-order chi connectivity index (χ1) is 6.68. The van der Waals surface area contributed by atoms with Gasteiger partial charge in [0.2, 0.25) is 0 Å². The lowest BCUT2D eigenvalue weighted by molar-refractivity contribution is -0.0996. The van der Waals surface area contributed by atoms with Crippen LogP contribution in [0.3, 0.4) is 0 Å². The van der Waals surface area contributed by atoms with E-state index in [9.17, 15) is 5.11 Å². The number of aryl methyl sites for hydroxylation is 1. The monoisotopic (exact) mass is 195 g/mol. The molecule has 0 saturated heterocycles. The number of aliphatic hydroxyl groups is 1. The lowest BCUT2D eigenvalue weighted by Crippen LogP contribution is -2.44. The fourth-order valence-corrected chi connectivity index (χ4v) is 2.06. The van der Waals surface area contributed by atoms with Gasteiger partial charge in [-0.3, -0.25) is 0 Å². The highest BCUT2D eigenvalue weighted by Gasteiger charge is 2.46. The average Bonchev–Trinajstić information content (AvgIpc) is 2.63. The highest BCUT2D eigenvalue weighted by atomic mass is 16.3. The van der Waals surface area contributed by atoms with Gasteiger partial charge < -0.3 is 5.11 Å². The van der Waals surface area contributed by atoms with Crippen molar-refractivity contribution >= 4 is 0 Å². The topological polar surface area (TPSA) is 50.9 Å². The van der Waals surface area contributed by atoms with Gasteiger partial charge in [-0.05, 0) is 25.2 Å². The highest BCUT2D eigenvalue weighted by molar-refractivity contribution is 5.14. The van der Waals surface area contributed by atoms with Crippen molar-refractivity contribution < 1.29 is 5.11 Å². The standard InChI is InChI=1S/C10H17N3O/c1-3-6-13-9(7-11-12-13)10(14)5-4-8(10)2/h7-8,14H,3-6H2,1-2H3. The van der Waals surface area contributed by atoms with Gasteiger partial charge >= 0.3 is 0 Å². The summed E-state index contributed by atoms with van der Waals surface area (Å²) in [6.45, 7) is 5.01. The molecule has 2 rings (SSSR count). The minimum absolute atomic E-state index is 0.330. The molecule has 1 saturated carbocycles. The molecule has 1 N–H and O–H groups in total. The third-order valence-corrected chi connectivity index (χ3v) is 3.27. The van der Waals surface area contributed by atoms with Gasteiger partial charge in [-0.1, -0.05) is 19.1 Å². The molecule has 4 heteroatoms. The predicted molar refractivity (Wildman–Crippen MR) is 52.6 cm³/mol. The summed E-state index contributed by atoms with van der Waals surface area (Å²) in [5, 5.41) is 18.2. The number of nitrogens with zero attached hydrogens (tertiary/aromatic N) is 3. The molecular formula is C10H17N3O. The SMILES string of the molecule is CCCn1nncc1C1(O)CCC1C. The van der Waals surface area contributed by atoms with E-state index < -0.39 is 5.60 Å². The summed E-state index contributed by atoms with van der Waals surface area (Å²) >= 11 is 0. The zero-order valence-electron chi connectivity index (χ0n) is 8.77. The highest BCUT2D eigenvalue weighted by Crippen LogP contribution is 2.45. The lowest BCUT2D eigenvalue weighted by Gasteiger charge is -2.43. The smallest absolute Gasteiger partial charge is 0.110 e. The normalized spacial score (nSPS) is 31.5. The molecule has 1 aromatic rings. The second kappa shape index (κ2) is 3.35. The number of hydrogen-bond acceptors (Lipinski definition) is 3. The van der Waals surface area contributed by atoms with Gasteiger partial charge in [0.25, 0.3) is 0 Å². The van der Waals surface area contributed by atoms with Crippen molar-refractivity contribution in [2.45, 2.75) is 45.3 Å². The zero-order chi connectivity index (χ0) is 10.2. The number of rotatable bonds is 3. The van der Waals surface area contributed by atoms with Crippen LogP contribution in [0.25, 0.3) is 0 Å². The van der Waals surface area contributed by atoms with Crippen LogP contribution in [0.2, 0.25) is 0 Å². The van der Waals surface area contributed by atoms with E-state index in [1.54, 1.807) is 6.20 Å². The summed E-state index contributed by atoms with van der Waals surface area (Å²) in [7, 11) is 0. The van der Waals surface area contributed by atoms with Gasteiger partial charge in [0.1, 0.15) is 5.60 Å². The van der Waals surface area contributed by atoms with Crippen LogP contribution in [-0.2, 0) is 12.1 Å². The Labute approximate surface area is 83.9 Å². The Hall–Kier alpha value is -0.900. The molecule has 0 amide bonds. The fourth-order valence-electron chi connectivity index (χ4n) is 2.06. The van der Waals surface area contributed by atoms with E-state index in [1.807, 2.05) is 4.68 Å². The average molecular weight is 195 g/mol. The van der Waals surface area contributed by atoms with Gasteiger partial charge in [-0.15, -0.1) is 5.10 Å². The molecule has 0 aromatic carbocycles. The van der Waals surface area contributed by atoms with Crippen LogP contribution in [0.5, 0.6) is 0 Å². The van der Waals surface area contributed by atoms with Crippen LogP contribution in [0.15, 0.2) is 6.20 Å². The molecule has 1 fully saturated rings. The fraction of sp³-hybridized carbons (Fsp3) is 0.800. The second-order valence-corrected chi connectivity index (χ2v) is 4.21. The van der Waals surface area contributed by atoms with E-state index in [4.69, 9.17) is 0 Å². The van der Waals surface area contributed by atoms with Crippen LogP contribution in [0.1, 0.15) is 38.8 Å². The van der Waals surface area contributed by atoms with Gasteiger partial charge in [-0.2, -0.15) is 0 Å². The van der Waals surface area contributed by atoms with E-state index in [0.29, 0.717) is 5.92 Å².